The summed E-state index contributed by atoms with van der Waals surface area (Å²) in [4.78, 5) is 12.4. The lowest BCUT2D eigenvalue weighted by Crippen LogP contribution is -2.46. The van der Waals surface area contributed by atoms with Gasteiger partial charge in [-0.3, -0.25) is 4.79 Å². The van der Waals surface area contributed by atoms with Crippen LogP contribution >= 0.6 is 0 Å². The summed E-state index contributed by atoms with van der Waals surface area (Å²) in [6.07, 6.45) is 9.07. The van der Waals surface area contributed by atoms with Gasteiger partial charge in [0, 0.05) is 13.1 Å². The molecule has 0 aromatic rings. The van der Waals surface area contributed by atoms with Crippen molar-refractivity contribution in [2.45, 2.75) is 65.2 Å². The lowest BCUT2D eigenvalue weighted by atomic mass is 9.78. The Morgan fingerprint density at radius 1 is 1.28 bits per heavy atom. The molecule has 18 heavy (non-hydrogen) atoms. The fourth-order valence-electron chi connectivity index (χ4n) is 2.96. The fraction of sp³-hybridized carbons (Fsp3) is 0.933. The molecule has 3 N–H and O–H groups in total. The van der Waals surface area contributed by atoms with Crippen LogP contribution in [0.25, 0.3) is 0 Å². The zero-order valence-electron chi connectivity index (χ0n) is 12.1. The first-order valence-corrected chi connectivity index (χ1v) is 7.67. The van der Waals surface area contributed by atoms with Gasteiger partial charge < -0.3 is 11.1 Å². The first kappa shape index (κ1) is 15.5. The Bertz CT molecular complexity index is 243. The molecule has 1 aliphatic carbocycles. The van der Waals surface area contributed by atoms with E-state index in [1.165, 1.54) is 19.3 Å². The molecule has 0 bridgehead atoms. The highest BCUT2D eigenvalue weighted by Crippen LogP contribution is 2.30. The molecular weight excluding hydrogens is 224 g/mol. The molecule has 1 fully saturated rings. The molecule has 0 saturated heterocycles. The van der Waals surface area contributed by atoms with Gasteiger partial charge in [-0.2, -0.15) is 0 Å². The summed E-state index contributed by atoms with van der Waals surface area (Å²) in [6.45, 7) is 5.56. The van der Waals surface area contributed by atoms with Crippen LogP contribution in [0.3, 0.4) is 0 Å². The van der Waals surface area contributed by atoms with E-state index in [0.717, 1.165) is 44.6 Å². The molecule has 0 spiro atoms. The molecule has 1 saturated carbocycles. The van der Waals surface area contributed by atoms with E-state index in [1.807, 2.05) is 0 Å². The van der Waals surface area contributed by atoms with Crippen LogP contribution in [0.5, 0.6) is 0 Å². The van der Waals surface area contributed by atoms with Crippen molar-refractivity contribution in [3.63, 3.8) is 0 Å². The molecule has 3 heteroatoms. The smallest absolute Gasteiger partial charge is 0.227 e. The van der Waals surface area contributed by atoms with Gasteiger partial charge in [0.05, 0.1) is 5.41 Å². The predicted molar refractivity (Wildman–Crippen MR) is 76.3 cm³/mol. The summed E-state index contributed by atoms with van der Waals surface area (Å²) in [6, 6.07) is 0. The van der Waals surface area contributed by atoms with Crippen LogP contribution in [0.4, 0.5) is 0 Å². The molecule has 0 heterocycles. The molecule has 0 aliphatic heterocycles. The van der Waals surface area contributed by atoms with Crippen molar-refractivity contribution in [1.82, 2.24) is 5.32 Å². The highest BCUT2D eigenvalue weighted by atomic mass is 16.2. The monoisotopic (exact) mass is 254 g/mol. The number of carbonyl (C=O) groups is 1. The molecule has 0 atom stereocenters. The lowest BCUT2D eigenvalue weighted by molar-refractivity contribution is -0.131. The zero-order valence-corrected chi connectivity index (χ0v) is 12.1. The van der Waals surface area contributed by atoms with Crippen LogP contribution in [0, 0.1) is 11.3 Å². The SMILES string of the molecule is CCCC(CN)(CCC)C(=O)NCCC1CCC1. The Morgan fingerprint density at radius 3 is 2.28 bits per heavy atom. The maximum Gasteiger partial charge on any atom is 0.227 e. The van der Waals surface area contributed by atoms with Crippen molar-refractivity contribution in [3.8, 4) is 0 Å². The van der Waals surface area contributed by atoms with E-state index >= 15 is 0 Å². The summed E-state index contributed by atoms with van der Waals surface area (Å²) in [5.41, 5.74) is 5.57. The summed E-state index contributed by atoms with van der Waals surface area (Å²) in [5.74, 6) is 1.04. The van der Waals surface area contributed by atoms with Crippen LogP contribution in [-0.2, 0) is 4.79 Å². The number of rotatable bonds is 9. The fourth-order valence-corrected chi connectivity index (χ4v) is 2.96. The second-order valence-electron chi connectivity index (χ2n) is 5.83. The van der Waals surface area contributed by atoms with Crippen LogP contribution in [0.1, 0.15) is 65.2 Å². The van der Waals surface area contributed by atoms with Gasteiger partial charge in [0.1, 0.15) is 0 Å². The molecule has 106 valence electrons. The quantitative estimate of drug-likeness (QED) is 0.665. The average Bonchev–Trinajstić information content (AvgIpc) is 2.31. The van der Waals surface area contributed by atoms with Gasteiger partial charge in [-0.1, -0.05) is 46.0 Å². The van der Waals surface area contributed by atoms with E-state index in [9.17, 15) is 4.79 Å². The van der Waals surface area contributed by atoms with E-state index in [-0.39, 0.29) is 11.3 Å². The third-order valence-electron chi connectivity index (χ3n) is 4.39. The van der Waals surface area contributed by atoms with Crippen LogP contribution in [0.2, 0.25) is 0 Å². The standard InChI is InChI=1S/C15H30N2O/c1-3-9-15(12-16,10-4-2)14(18)17-11-8-13-6-5-7-13/h13H,3-12,16H2,1-2H3,(H,17,18). The topological polar surface area (TPSA) is 55.1 Å². The zero-order chi connectivity index (χ0) is 13.4. The highest BCUT2D eigenvalue weighted by Gasteiger charge is 2.35. The van der Waals surface area contributed by atoms with E-state index in [0.29, 0.717) is 6.54 Å². The molecule has 0 radical (unpaired) electrons. The maximum atomic E-state index is 12.4. The van der Waals surface area contributed by atoms with Gasteiger partial charge in [0.15, 0.2) is 0 Å². The highest BCUT2D eigenvalue weighted by molar-refractivity contribution is 5.82. The van der Waals surface area contributed by atoms with Crippen LogP contribution in [0.15, 0.2) is 0 Å². The van der Waals surface area contributed by atoms with Crippen molar-refractivity contribution in [2.24, 2.45) is 17.1 Å². The summed E-state index contributed by atoms with van der Waals surface area (Å²) in [7, 11) is 0. The summed E-state index contributed by atoms with van der Waals surface area (Å²) >= 11 is 0. The van der Waals surface area contributed by atoms with Gasteiger partial charge in [-0.25, -0.2) is 0 Å². The Kier molecular flexibility index (Phi) is 6.69. The summed E-state index contributed by atoms with van der Waals surface area (Å²) < 4.78 is 0. The third kappa shape index (κ3) is 3.98. The average molecular weight is 254 g/mol. The Hall–Kier alpha value is -0.570. The maximum absolute atomic E-state index is 12.4. The molecule has 0 aromatic heterocycles. The number of nitrogens with one attached hydrogen (secondary N) is 1. The Balaban J connectivity index is 2.40. The van der Waals surface area contributed by atoms with E-state index in [1.54, 1.807) is 0 Å². The number of amides is 1. The van der Waals surface area contributed by atoms with Gasteiger partial charge in [0.25, 0.3) is 0 Å². The minimum Gasteiger partial charge on any atom is -0.356 e. The minimum atomic E-state index is -0.316. The molecule has 0 aromatic carbocycles. The Morgan fingerprint density at radius 2 is 1.89 bits per heavy atom. The molecule has 1 aliphatic rings. The first-order valence-electron chi connectivity index (χ1n) is 7.67. The van der Waals surface area contributed by atoms with Gasteiger partial charge in [0.2, 0.25) is 5.91 Å². The largest absolute Gasteiger partial charge is 0.356 e. The molecular formula is C15H30N2O. The van der Waals surface area contributed by atoms with Crippen molar-refractivity contribution >= 4 is 5.91 Å². The normalized spacial score (nSPS) is 16.4. The van der Waals surface area contributed by atoms with Crippen molar-refractivity contribution in [1.29, 1.82) is 0 Å². The number of nitrogens with two attached hydrogens (primary N) is 1. The number of hydrogen-bond acceptors (Lipinski definition) is 2. The molecule has 0 unspecified atom stereocenters. The van der Waals surface area contributed by atoms with Crippen LogP contribution < -0.4 is 11.1 Å². The van der Waals surface area contributed by atoms with Crippen molar-refractivity contribution in [2.75, 3.05) is 13.1 Å². The van der Waals surface area contributed by atoms with Crippen molar-refractivity contribution in [3.05, 3.63) is 0 Å². The van der Waals surface area contributed by atoms with E-state index < -0.39 is 0 Å². The summed E-state index contributed by atoms with van der Waals surface area (Å²) in [5, 5.41) is 3.12. The van der Waals surface area contributed by atoms with Gasteiger partial charge >= 0.3 is 0 Å². The molecule has 1 amide bonds. The molecule has 1 rings (SSSR count). The molecule has 3 nitrogen and oxygen atoms in total. The van der Waals surface area contributed by atoms with Gasteiger partial charge in [-0.05, 0) is 25.2 Å². The minimum absolute atomic E-state index is 0.188. The number of carbonyl (C=O) groups excluding carboxylic acids is 1. The van der Waals surface area contributed by atoms with E-state index in [4.69, 9.17) is 5.73 Å². The van der Waals surface area contributed by atoms with Crippen LogP contribution in [-0.4, -0.2) is 19.0 Å². The van der Waals surface area contributed by atoms with E-state index in [2.05, 4.69) is 19.2 Å². The Labute approximate surface area is 112 Å². The van der Waals surface area contributed by atoms with Crippen molar-refractivity contribution < 1.29 is 4.79 Å². The lowest BCUT2D eigenvalue weighted by Gasteiger charge is -2.31. The number of hydrogen-bond donors (Lipinski definition) is 2. The predicted octanol–water partition coefficient (Wildman–Crippen LogP) is 2.84. The third-order valence-corrected chi connectivity index (χ3v) is 4.39. The van der Waals surface area contributed by atoms with Gasteiger partial charge in [-0.15, -0.1) is 0 Å². The first-order chi connectivity index (χ1) is 8.68. The second-order valence-corrected chi connectivity index (χ2v) is 5.83. The second kappa shape index (κ2) is 7.78.